The van der Waals surface area contributed by atoms with E-state index in [0.717, 1.165) is 21.5 Å². The van der Waals surface area contributed by atoms with Crippen molar-refractivity contribution in [2.75, 3.05) is 0 Å². The molecule has 0 aliphatic heterocycles. The Morgan fingerprint density at radius 2 is 2.07 bits per heavy atom. The molecule has 1 aromatic carbocycles. The van der Waals surface area contributed by atoms with Crippen molar-refractivity contribution in [1.82, 2.24) is 4.98 Å². The van der Waals surface area contributed by atoms with Gasteiger partial charge in [0.15, 0.2) is 11.5 Å². The van der Waals surface area contributed by atoms with E-state index >= 15 is 0 Å². The van der Waals surface area contributed by atoms with Crippen LogP contribution in [0.25, 0.3) is 11.1 Å². The van der Waals surface area contributed by atoms with Gasteiger partial charge >= 0.3 is 0 Å². The summed E-state index contributed by atoms with van der Waals surface area (Å²) in [5, 5.41) is 0. The molecule has 0 aliphatic carbocycles. The van der Waals surface area contributed by atoms with Gasteiger partial charge in [0.25, 0.3) is 0 Å². The monoisotopic (exact) mass is 253 g/mol. The lowest BCUT2D eigenvalue weighted by atomic mass is 10.2. The van der Waals surface area contributed by atoms with Gasteiger partial charge < -0.3 is 4.42 Å². The van der Waals surface area contributed by atoms with E-state index in [4.69, 9.17) is 4.42 Å². The molecule has 0 N–H and O–H groups in total. The summed E-state index contributed by atoms with van der Waals surface area (Å²) in [6, 6.07) is 4.08. The van der Waals surface area contributed by atoms with E-state index in [2.05, 4.69) is 34.8 Å². The van der Waals surface area contributed by atoms with Gasteiger partial charge in [0.05, 0.1) is 4.47 Å². The molecule has 2 rings (SSSR count). The summed E-state index contributed by atoms with van der Waals surface area (Å²) in [6.07, 6.45) is 0. The minimum Gasteiger partial charge on any atom is -0.439 e. The first kappa shape index (κ1) is 9.71. The Morgan fingerprint density at radius 3 is 2.71 bits per heavy atom. The second-order valence-electron chi connectivity index (χ2n) is 3.80. The highest BCUT2D eigenvalue weighted by atomic mass is 79.9. The van der Waals surface area contributed by atoms with Crippen LogP contribution in [0.3, 0.4) is 0 Å². The van der Waals surface area contributed by atoms with Crippen LogP contribution < -0.4 is 0 Å². The van der Waals surface area contributed by atoms with Crippen molar-refractivity contribution in [2.45, 2.75) is 26.7 Å². The lowest BCUT2D eigenvalue weighted by molar-refractivity contribution is 0.500. The molecule has 0 saturated heterocycles. The molecule has 0 aliphatic rings. The summed E-state index contributed by atoms with van der Waals surface area (Å²) in [7, 11) is 0. The average Bonchev–Trinajstić information content (AvgIpc) is 2.47. The predicted octanol–water partition coefficient (Wildman–Crippen LogP) is 4.02. The van der Waals surface area contributed by atoms with E-state index in [-0.39, 0.29) is 0 Å². The van der Waals surface area contributed by atoms with Gasteiger partial charge in [0.2, 0.25) is 0 Å². The molecule has 0 atom stereocenters. The Hall–Kier alpha value is -0.830. The normalized spacial score (nSPS) is 11.5. The molecule has 0 radical (unpaired) electrons. The van der Waals surface area contributed by atoms with Crippen LogP contribution in [0.4, 0.5) is 0 Å². The standard InChI is InChI=1S/C11H12BrNO/c1-6(2)11-13-9-5-7(3)4-8(12)10(9)14-11/h4-6H,1-3H3. The first-order chi connectivity index (χ1) is 6.58. The highest BCUT2D eigenvalue weighted by molar-refractivity contribution is 9.10. The van der Waals surface area contributed by atoms with E-state index in [1.165, 1.54) is 5.56 Å². The molecule has 14 heavy (non-hydrogen) atoms. The molecule has 2 nitrogen and oxygen atoms in total. The van der Waals surface area contributed by atoms with Crippen molar-refractivity contribution < 1.29 is 4.42 Å². The Balaban J connectivity index is 2.70. The average molecular weight is 254 g/mol. The topological polar surface area (TPSA) is 26.0 Å². The van der Waals surface area contributed by atoms with Crippen molar-refractivity contribution >= 4 is 27.0 Å². The summed E-state index contributed by atoms with van der Waals surface area (Å²) in [4.78, 5) is 4.44. The maximum atomic E-state index is 5.66. The van der Waals surface area contributed by atoms with Gasteiger partial charge in [-0.25, -0.2) is 4.98 Å². The van der Waals surface area contributed by atoms with Gasteiger partial charge in [-0.1, -0.05) is 13.8 Å². The van der Waals surface area contributed by atoms with E-state index in [1.807, 2.05) is 19.1 Å². The molecule has 0 bridgehead atoms. The molecule has 0 amide bonds. The number of aromatic nitrogens is 1. The molecule has 1 aromatic heterocycles. The first-order valence-electron chi connectivity index (χ1n) is 4.64. The lowest BCUT2D eigenvalue weighted by Crippen LogP contribution is -1.84. The van der Waals surface area contributed by atoms with Crippen molar-refractivity contribution in [3.05, 3.63) is 28.1 Å². The Kier molecular flexibility index (Phi) is 2.35. The van der Waals surface area contributed by atoms with Gasteiger partial charge in [-0.3, -0.25) is 0 Å². The van der Waals surface area contributed by atoms with E-state index < -0.39 is 0 Å². The van der Waals surface area contributed by atoms with Crippen LogP contribution in [0.5, 0.6) is 0 Å². The fraction of sp³-hybridized carbons (Fsp3) is 0.364. The first-order valence-corrected chi connectivity index (χ1v) is 5.44. The zero-order valence-electron chi connectivity index (χ0n) is 8.47. The minimum atomic E-state index is 0.328. The maximum Gasteiger partial charge on any atom is 0.198 e. The Labute approximate surface area is 91.5 Å². The summed E-state index contributed by atoms with van der Waals surface area (Å²) < 4.78 is 6.64. The number of oxazole rings is 1. The lowest BCUT2D eigenvalue weighted by Gasteiger charge is -1.94. The van der Waals surface area contributed by atoms with Gasteiger partial charge in [-0.2, -0.15) is 0 Å². The van der Waals surface area contributed by atoms with Crippen molar-refractivity contribution in [3.63, 3.8) is 0 Å². The Morgan fingerprint density at radius 1 is 1.36 bits per heavy atom. The van der Waals surface area contributed by atoms with Crippen LogP contribution in [0.1, 0.15) is 31.2 Å². The van der Waals surface area contributed by atoms with Gasteiger partial charge in [0, 0.05) is 5.92 Å². The quantitative estimate of drug-likeness (QED) is 0.768. The smallest absolute Gasteiger partial charge is 0.198 e. The molecule has 74 valence electrons. The molecule has 1 heterocycles. The second kappa shape index (κ2) is 3.39. The molecule has 2 aromatic rings. The van der Waals surface area contributed by atoms with Crippen LogP contribution in [0.15, 0.2) is 21.0 Å². The molecule has 3 heteroatoms. The molecular formula is C11H12BrNO. The largest absolute Gasteiger partial charge is 0.439 e. The summed E-state index contributed by atoms with van der Waals surface area (Å²) in [5.41, 5.74) is 2.97. The number of benzene rings is 1. The SMILES string of the molecule is Cc1cc(Br)c2oc(C(C)C)nc2c1. The molecule has 0 fully saturated rings. The van der Waals surface area contributed by atoms with E-state index in [9.17, 15) is 0 Å². The number of rotatable bonds is 1. The third-order valence-corrected chi connectivity index (χ3v) is 2.69. The zero-order valence-corrected chi connectivity index (χ0v) is 10.1. The number of halogens is 1. The van der Waals surface area contributed by atoms with Crippen LogP contribution >= 0.6 is 15.9 Å². The number of aryl methyl sites for hydroxylation is 1. The highest BCUT2D eigenvalue weighted by Crippen LogP contribution is 2.28. The summed E-state index contributed by atoms with van der Waals surface area (Å²) in [5.74, 6) is 1.13. The van der Waals surface area contributed by atoms with E-state index in [1.54, 1.807) is 0 Å². The minimum absolute atomic E-state index is 0.328. The van der Waals surface area contributed by atoms with Gasteiger partial charge in [0.1, 0.15) is 5.52 Å². The van der Waals surface area contributed by atoms with E-state index in [0.29, 0.717) is 5.92 Å². The van der Waals surface area contributed by atoms with Crippen LogP contribution in [0, 0.1) is 6.92 Å². The summed E-state index contributed by atoms with van der Waals surface area (Å²) >= 11 is 3.48. The second-order valence-corrected chi connectivity index (χ2v) is 4.66. The third kappa shape index (κ3) is 1.57. The molecule has 0 spiro atoms. The summed E-state index contributed by atoms with van der Waals surface area (Å²) in [6.45, 7) is 6.20. The van der Waals surface area contributed by atoms with Gasteiger partial charge in [-0.05, 0) is 40.5 Å². The van der Waals surface area contributed by atoms with Crippen LogP contribution in [-0.4, -0.2) is 4.98 Å². The molecule has 0 saturated carbocycles. The molecule has 0 unspecified atom stereocenters. The van der Waals surface area contributed by atoms with Gasteiger partial charge in [-0.15, -0.1) is 0 Å². The fourth-order valence-corrected chi connectivity index (χ4v) is 2.03. The maximum absolute atomic E-state index is 5.66. The fourth-order valence-electron chi connectivity index (χ4n) is 1.39. The number of nitrogens with zero attached hydrogens (tertiary/aromatic N) is 1. The van der Waals surface area contributed by atoms with Crippen molar-refractivity contribution in [1.29, 1.82) is 0 Å². The highest BCUT2D eigenvalue weighted by Gasteiger charge is 2.11. The number of hydrogen-bond donors (Lipinski definition) is 0. The predicted molar refractivity (Wildman–Crippen MR) is 60.5 cm³/mol. The third-order valence-electron chi connectivity index (χ3n) is 2.10. The van der Waals surface area contributed by atoms with Crippen molar-refractivity contribution in [2.24, 2.45) is 0 Å². The van der Waals surface area contributed by atoms with Crippen LogP contribution in [-0.2, 0) is 0 Å². The van der Waals surface area contributed by atoms with Crippen LogP contribution in [0.2, 0.25) is 0 Å². The van der Waals surface area contributed by atoms with Crippen molar-refractivity contribution in [3.8, 4) is 0 Å². The zero-order chi connectivity index (χ0) is 10.3. The Bertz CT molecular complexity index is 473. The number of hydrogen-bond acceptors (Lipinski definition) is 2. The number of fused-ring (bicyclic) bond motifs is 1. The molecular weight excluding hydrogens is 242 g/mol.